The molecule has 0 aliphatic rings. The first-order chi connectivity index (χ1) is 7.25. The molecule has 3 N–H and O–H groups in total. The van der Waals surface area contributed by atoms with Gasteiger partial charge in [-0.1, -0.05) is 37.3 Å². The number of rotatable bonds is 6. The lowest BCUT2D eigenvalue weighted by Gasteiger charge is -2.14. The summed E-state index contributed by atoms with van der Waals surface area (Å²) in [5.74, 6) is -0.862. The van der Waals surface area contributed by atoms with Crippen molar-refractivity contribution in [3.8, 4) is 0 Å². The van der Waals surface area contributed by atoms with E-state index in [0.29, 0.717) is 6.67 Å². The topological polar surface area (TPSA) is 61.4 Å². The molecule has 4 heteroatoms. The van der Waals surface area contributed by atoms with Gasteiger partial charge in [0.1, 0.15) is 6.04 Å². The lowest BCUT2D eigenvalue weighted by atomic mass is 10.1. The summed E-state index contributed by atoms with van der Waals surface area (Å²) in [6.07, 6.45) is 0. The Kier molecular flexibility index (Phi) is 4.80. The fourth-order valence-electron chi connectivity index (χ4n) is 1.29. The monoisotopic (exact) mass is 208 g/mol. The molecule has 0 aliphatic carbocycles. The molecule has 0 aliphatic heterocycles. The van der Waals surface area contributed by atoms with Crippen LogP contribution in [0.15, 0.2) is 30.3 Å². The summed E-state index contributed by atoms with van der Waals surface area (Å²) in [6, 6.07) is 8.49. The lowest BCUT2D eigenvalue weighted by molar-refractivity contribution is -0.139. The van der Waals surface area contributed by atoms with Gasteiger partial charge in [-0.15, -0.1) is 0 Å². The molecule has 0 radical (unpaired) electrons. The molecule has 0 heterocycles. The van der Waals surface area contributed by atoms with Crippen LogP contribution in [0.2, 0.25) is 0 Å². The standard InChI is InChI=1S/C11H16N2O2/c1-2-12-8-13-10(11(14)15)9-6-4-3-5-7-9/h3-7,10,12-13H,2,8H2,1H3,(H,14,15)/t10-/m1/s1. The van der Waals surface area contributed by atoms with E-state index in [1.54, 1.807) is 12.1 Å². The van der Waals surface area contributed by atoms with Gasteiger partial charge in [0, 0.05) is 6.67 Å². The highest BCUT2D eigenvalue weighted by Gasteiger charge is 2.17. The van der Waals surface area contributed by atoms with Crippen LogP contribution in [-0.2, 0) is 4.79 Å². The van der Waals surface area contributed by atoms with Crippen LogP contribution in [0, 0.1) is 0 Å². The van der Waals surface area contributed by atoms with Crippen LogP contribution in [0.3, 0.4) is 0 Å². The molecule has 82 valence electrons. The molecule has 0 unspecified atom stereocenters. The van der Waals surface area contributed by atoms with E-state index in [-0.39, 0.29) is 0 Å². The summed E-state index contributed by atoms with van der Waals surface area (Å²) in [6.45, 7) is 3.27. The molecule has 0 saturated heterocycles. The zero-order valence-electron chi connectivity index (χ0n) is 8.73. The van der Waals surface area contributed by atoms with Gasteiger partial charge in [0.2, 0.25) is 0 Å². The Morgan fingerprint density at radius 1 is 1.40 bits per heavy atom. The van der Waals surface area contributed by atoms with Crippen LogP contribution in [0.1, 0.15) is 18.5 Å². The van der Waals surface area contributed by atoms with Gasteiger partial charge < -0.3 is 10.4 Å². The van der Waals surface area contributed by atoms with Gasteiger partial charge in [0.25, 0.3) is 0 Å². The Bertz CT molecular complexity index is 301. The van der Waals surface area contributed by atoms with Crippen LogP contribution in [-0.4, -0.2) is 24.3 Å². The molecule has 0 fully saturated rings. The SMILES string of the molecule is CCNCN[C@@H](C(=O)O)c1ccccc1. The number of hydrogen-bond acceptors (Lipinski definition) is 3. The van der Waals surface area contributed by atoms with Crippen molar-refractivity contribution in [2.45, 2.75) is 13.0 Å². The maximum atomic E-state index is 11.0. The van der Waals surface area contributed by atoms with Crippen molar-refractivity contribution >= 4 is 5.97 Å². The first-order valence-corrected chi connectivity index (χ1v) is 4.97. The minimum absolute atomic E-state index is 0.488. The van der Waals surface area contributed by atoms with E-state index in [9.17, 15) is 4.79 Å². The van der Waals surface area contributed by atoms with Gasteiger partial charge in [0.15, 0.2) is 0 Å². The molecule has 0 spiro atoms. The predicted octanol–water partition coefficient (Wildman–Crippen LogP) is 0.969. The first-order valence-electron chi connectivity index (χ1n) is 4.97. The van der Waals surface area contributed by atoms with Gasteiger partial charge in [0.05, 0.1) is 0 Å². The van der Waals surface area contributed by atoms with Gasteiger partial charge in [-0.3, -0.25) is 10.1 Å². The molecule has 1 aromatic carbocycles. The Balaban J connectivity index is 2.62. The predicted molar refractivity (Wildman–Crippen MR) is 58.5 cm³/mol. The van der Waals surface area contributed by atoms with Crippen molar-refractivity contribution in [1.29, 1.82) is 0 Å². The molecule has 1 aromatic rings. The van der Waals surface area contributed by atoms with Crippen LogP contribution in [0.4, 0.5) is 0 Å². The first kappa shape index (κ1) is 11.7. The number of nitrogens with one attached hydrogen (secondary N) is 2. The maximum absolute atomic E-state index is 11.0. The highest BCUT2D eigenvalue weighted by atomic mass is 16.4. The zero-order chi connectivity index (χ0) is 11.1. The van der Waals surface area contributed by atoms with Crippen LogP contribution in [0.5, 0.6) is 0 Å². The smallest absolute Gasteiger partial charge is 0.325 e. The molecule has 15 heavy (non-hydrogen) atoms. The van der Waals surface area contributed by atoms with Gasteiger partial charge in [-0.05, 0) is 12.1 Å². The number of carboxylic acids is 1. The summed E-state index contributed by atoms with van der Waals surface area (Å²) in [5.41, 5.74) is 0.767. The summed E-state index contributed by atoms with van der Waals surface area (Å²) in [4.78, 5) is 11.0. The van der Waals surface area contributed by atoms with E-state index in [0.717, 1.165) is 12.1 Å². The van der Waals surface area contributed by atoms with Crippen molar-refractivity contribution in [1.82, 2.24) is 10.6 Å². The number of hydrogen-bond donors (Lipinski definition) is 3. The molecular weight excluding hydrogens is 192 g/mol. The molecule has 1 rings (SSSR count). The number of benzene rings is 1. The third-order valence-electron chi connectivity index (χ3n) is 2.06. The maximum Gasteiger partial charge on any atom is 0.325 e. The Labute approximate surface area is 89.3 Å². The second kappa shape index (κ2) is 6.16. The Hall–Kier alpha value is -1.39. The molecule has 0 amide bonds. The summed E-state index contributed by atoms with van der Waals surface area (Å²) in [7, 11) is 0. The van der Waals surface area contributed by atoms with E-state index in [2.05, 4.69) is 10.6 Å². The van der Waals surface area contributed by atoms with Crippen molar-refractivity contribution < 1.29 is 9.90 Å². The fraction of sp³-hybridized carbons (Fsp3) is 0.364. The fourth-order valence-corrected chi connectivity index (χ4v) is 1.29. The van der Waals surface area contributed by atoms with Crippen molar-refractivity contribution in [3.63, 3.8) is 0 Å². The summed E-state index contributed by atoms with van der Waals surface area (Å²) < 4.78 is 0. The van der Waals surface area contributed by atoms with Crippen molar-refractivity contribution in [3.05, 3.63) is 35.9 Å². The second-order valence-electron chi connectivity index (χ2n) is 3.17. The van der Waals surface area contributed by atoms with Gasteiger partial charge >= 0.3 is 5.97 Å². The van der Waals surface area contributed by atoms with E-state index < -0.39 is 12.0 Å². The number of aliphatic carboxylic acids is 1. The lowest BCUT2D eigenvalue weighted by Crippen LogP contribution is -2.35. The number of carboxylic acid groups (broad SMARTS) is 1. The Morgan fingerprint density at radius 2 is 2.07 bits per heavy atom. The highest BCUT2D eigenvalue weighted by molar-refractivity contribution is 5.75. The third-order valence-corrected chi connectivity index (χ3v) is 2.06. The van der Waals surface area contributed by atoms with E-state index in [1.807, 2.05) is 25.1 Å². The Morgan fingerprint density at radius 3 is 2.60 bits per heavy atom. The highest BCUT2D eigenvalue weighted by Crippen LogP contribution is 2.11. The quantitative estimate of drug-likeness (QED) is 0.481. The van der Waals surface area contributed by atoms with E-state index >= 15 is 0 Å². The van der Waals surface area contributed by atoms with Gasteiger partial charge in [-0.25, -0.2) is 0 Å². The normalized spacial score (nSPS) is 12.3. The van der Waals surface area contributed by atoms with Crippen LogP contribution < -0.4 is 10.6 Å². The van der Waals surface area contributed by atoms with Crippen molar-refractivity contribution in [2.24, 2.45) is 0 Å². The second-order valence-corrected chi connectivity index (χ2v) is 3.17. The molecular formula is C11H16N2O2. The van der Waals surface area contributed by atoms with E-state index in [1.165, 1.54) is 0 Å². The number of carbonyl (C=O) groups is 1. The minimum atomic E-state index is -0.862. The van der Waals surface area contributed by atoms with Crippen molar-refractivity contribution in [2.75, 3.05) is 13.2 Å². The molecule has 0 aromatic heterocycles. The average Bonchev–Trinajstić information content (AvgIpc) is 2.25. The van der Waals surface area contributed by atoms with Gasteiger partial charge in [-0.2, -0.15) is 0 Å². The summed E-state index contributed by atoms with van der Waals surface area (Å²) in [5, 5.41) is 15.0. The van der Waals surface area contributed by atoms with Crippen LogP contribution >= 0.6 is 0 Å². The molecule has 0 saturated carbocycles. The third kappa shape index (κ3) is 3.69. The molecule has 0 bridgehead atoms. The molecule has 4 nitrogen and oxygen atoms in total. The average molecular weight is 208 g/mol. The van der Waals surface area contributed by atoms with Crippen LogP contribution in [0.25, 0.3) is 0 Å². The largest absolute Gasteiger partial charge is 0.480 e. The molecule has 1 atom stereocenters. The summed E-state index contributed by atoms with van der Waals surface area (Å²) >= 11 is 0. The minimum Gasteiger partial charge on any atom is -0.480 e. The zero-order valence-corrected chi connectivity index (χ0v) is 8.73. The van der Waals surface area contributed by atoms with E-state index in [4.69, 9.17) is 5.11 Å².